The van der Waals surface area contributed by atoms with Gasteiger partial charge in [-0.05, 0) is 212 Å². The molecule has 0 fully saturated rings. The predicted octanol–water partition coefficient (Wildman–Crippen LogP) is 27.1. The van der Waals surface area contributed by atoms with Crippen LogP contribution in [0.4, 0.5) is 0 Å². The van der Waals surface area contributed by atoms with Crippen LogP contribution in [0, 0.1) is 0 Å². The van der Waals surface area contributed by atoms with Crippen LogP contribution in [0.3, 0.4) is 0 Å². The number of rotatable bonds is 28. The molecule has 0 unspecified atom stereocenters. The van der Waals surface area contributed by atoms with Gasteiger partial charge in [-0.15, -0.1) is 0 Å². The van der Waals surface area contributed by atoms with Gasteiger partial charge in [0.05, 0.1) is 84.1 Å². The second-order valence-corrected chi connectivity index (χ2v) is 31.4. The van der Waals surface area contributed by atoms with E-state index < -0.39 is 23.9 Å². The van der Waals surface area contributed by atoms with E-state index in [1.54, 1.807) is 86.6 Å². The van der Waals surface area contributed by atoms with Gasteiger partial charge in [0, 0.05) is 56.6 Å². The van der Waals surface area contributed by atoms with E-state index in [-0.39, 0.29) is 35.4 Å². The van der Waals surface area contributed by atoms with E-state index in [1.807, 2.05) is 232 Å². The lowest BCUT2D eigenvalue weighted by Crippen LogP contribution is -2.16. The lowest BCUT2D eigenvalue weighted by molar-refractivity contribution is 0.0488. The lowest BCUT2D eigenvalue weighted by atomic mass is 9.75. The quantitative estimate of drug-likeness (QED) is 0.00841. The Kier molecular flexibility index (Phi) is 32.6. The van der Waals surface area contributed by atoms with Crippen LogP contribution in [0.2, 0.25) is 0 Å². The molecule has 0 heterocycles. The number of benzene rings is 16. The number of Topliss-reactive ketones (excluding diaryl/α,β-unsaturated/α-hetero) is 2. The Bertz CT molecular complexity index is 6580. The molecular weight excluding hydrogens is 1660 g/mol. The van der Waals surface area contributed by atoms with Crippen LogP contribution in [0.5, 0.6) is 11.5 Å². The molecule has 17 rings (SSSR count). The number of ketones is 2. The van der Waals surface area contributed by atoms with Gasteiger partial charge < -0.3 is 37.9 Å². The molecule has 1 aliphatic carbocycles. The van der Waals surface area contributed by atoms with Crippen molar-refractivity contribution in [3.63, 3.8) is 0 Å². The summed E-state index contributed by atoms with van der Waals surface area (Å²) >= 11 is 0. The third-order valence-electron chi connectivity index (χ3n) is 22.6. The minimum atomic E-state index is -0.453. The molecule has 0 N–H and O–H groups in total. The molecular formula is C114H104O18. The zero-order chi connectivity index (χ0) is 93.2. The Hall–Kier alpha value is -15.3. The summed E-state index contributed by atoms with van der Waals surface area (Å²) < 4.78 is 43.0. The Balaban J connectivity index is 0.000000141. The number of hydrogen-bond donors (Lipinski definition) is 0. The Labute approximate surface area is 766 Å². The highest BCUT2D eigenvalue weighted by Crippen LogP contribution is 2.51. The molecule has 18 heteroatoms. The predicted molar refractivity (Wildman–Crippen MR) is 521 cm³/mol. The number of esters is 8. The van der Waals surface area contributed by atoms with Crippen molar-refractivity contribution in [2.24, 2.45) is 0 Å². The van der Waals surface area contributed by atoms with Crippen LogP contribution in [0.25, 0.3) is 108 Å². The lowest BCUT2D eigenvalue weighted by Gasteiger charge is -2.28. The number of ether oxygens (including phenoxy) is 8. The van der Waals surface area contributed by atoms with Crippen molar-refractivity contribution in [2.45, 2.75) is 120 Å². The van der Waals surface area contributed by atoms with Crippen molar-refractivity contribution in [1.82, 2.24) is 0 Å². The van der Waals surface area contributed by atoms with Crippen molar-refractivity contribution < 1.29 is 85.8 Å². The molecule has 0 atom stereocenters. The fraction of sp³-hybridized carbons (Fsp3) is 0.211. The van der Waals surface area contributed by atoms with Crippen LogP contribution in [0.15, 0.2) is 291 Å². The van der Waals surface area contributed by atoms with Crippen molar-refractivity contribution in [3.8, 4) is 33.8 Å². The first-order chi connectivity index (χ1) is 64.4. The summed E-state index contributed by atoms with van der Waals surface area (Å²) in [5.74, 6) is -1.87. The van der Waals surface area contributed by atoms with Gasteiger partial charge in [0.2, 0.25) is 0 Å². The van der Waals surface area contributed by atoms with Gasteiger partial charge in [0.1, 0.15) is 11.5 Å². The summed E-state index contributed by atoms with van der Waals surface area (Å²) in [5.41, 5.74) is 8.81. The first-order valence-corrected chi connectivity index (χ1v) is 45.1. The number of fused-ring (bicyclic) bond motifs is 14. The molecule has 0 aromatic heterocycles. The maximum absolute atomic E-state index is 12.9. The smallest absolute Gasteiger partial charge is 0.344 e. The van der Waals surface area contributed by atoms with Crippen LogP contribution in [0.1, 0.15) is 223 Å². The highest BCUT2D eigenvalue weighted by atomic mass is 16.6. The first-order valence-electron chi connectivity index (χ1n) is 45.1. The SMILES string of the molecule is CCC(=O)c1cccc2ccc3cccc(C(=O)CC)c3c12.CCCCOC(=O)c1cccc2c1-c1c(C(=O)OCCCC)cccc1-2.CCCCOC(=O)c1cccc2cc3cccc(C(=O)OCCCC)c3cc12.CCOC(=O)c1cccc2ccc3cccc(C(=O)OCC)c3c12.O=C(Oc1ccccc1)c1cccc2cc3cccc(C(=O)Oc4ccccc4)c3cc12. The number of carbonyl (C=O) groups is 10. The minimum Gasteiger partial charge on any atom is -0.462 e. The monoisotopic (exact) mass is 1760 g/mol. The van der Waals surface area contributed by atoms with Gasteiger partial charge in [0.15, 0.2) is 11.6 Å². The van der Waals surface area contributed by atoms with Crippen molar-refractivity contribution in [2.75, 3.05) is 39.6 Å². The number of unbranched alkanes of at least 4 members (excludes halogenated alkanes) is 4. The van der Waals surface area contributed by atoms with Gasteiger partial charge >= 0.3 is 47.8 Å². The second-order valence-electron chi connectivity index (χ2n) is 31.4. The van der Waals surface area contributed by atoms with Crippen LogP contribution in [-0.2, 0) is 28.4 Å². The van der Waals surface area contributed by atoms with Gasteiger partial charge in [-0.1, -0.05) is 261 Å². The van der Waals surface area contributed by atoms with E-state index >= 15 is 0 Å². The number of carbonyl (C=O) groups excluding carboxylic acids is 10. The molecule has 132 heavy (non-hydrogen) atoms. The van der Waals surface area contributed by atoms with Gasteiger partial charge in [-0.3, -0.25) is 9.59 Å². The van der Waals surface area contributed by atoms with E-state index in [2.05, 4.69) is 27.7 Å². The highest BCUT2D eigenvalue weighted by Gasteiger charge is 2.33. The number of hydrogen-bond acceptors (Lipinski definition) is 18. The van der Waals surface area contributed by atoms with Gasteiger partial charge in [0.25, 0.3) is 0 Å². The molecule has 18 nitrogen and oxygen atoms in total. The van der Waals surface area contributed by atoms with Gasteiger partial charge in [-0.25, -0.2) is 38.4 Å². The van der Waals surface area contributed by atoms with E-state index in [0.29, 0.717) is 130 Å². The maximum atomic E-state index is 12.9. The third-order valence-corrected chi connectivity index (χ3v) is 22.6. The molecule has 16 aromatic rings. The summed E-state index contributed by atoms with van der Waals surface area (Å²) in [4.78, 5) is 125. The summed E-state index contributed by atoms with van der Waals surface area (Å²) in [6.07, 6.45) is 8.15. The topological polar surface area (TPSA) is 245 Å². The van der Waals surface area contributed by atoms with Crippen molar-refractivity contribution in [3.05, 3.63) is 347 Å². The molecule has 0 radical (unpaired) electrons. The standard InChI is InChI=1S/C28H18O4.C24H26O4.C22H24O4.C20H18O4.C20H18O2/c29-27(31-21-11-3-1-4-12-21)23-15-7-9-19-17-20-10-8-16-24(26(20)18-25(19)23)28(30)32-22-13-5-2-6-14-22;1-3-5-13-27-23(25)19-11-7-9-17-15-18-10-8-12-20(22(18)16-21(17)19)24(26)28-14-6-4-2;1-3-5-13-25-21(23)17-11-7-9-15-16-10-8-12-18(20(16)19(15)17)22(24)26-14-6-4-2;1-3-23-19(21)15-9-5-7-13-11-12-14-8-6-10-16(18(14)17(13)15)20(22)24-4-2;1-3-17(21)15-9-5-7-13-11-12-14-8-6-10-16(18(22)4-2)20(14)19(13)15/h1-18H;7-12,15-16H,3-6,13-14H2,1-2H3;7-12H,3-6,13-14H2,1-2H3;5-12H,3-4H2,1-2H3;5-12H,3-4H2,1-2H3. The molecule has 16 aromatic carbocycles. The molecule has 1 aliphatic rings. The van der Waals surface area contributed by atoms with E-state index in [0.717, 1.165) is 149 Å². The van der Waals surface area contributed by atoms with E-state index in [1.165, 1.54) is 0 Å². The normalized spacial score (nSPS) is 10.9. The Morgan fingerprint density at radius 3 is 0.742 bits per heavy atom. The fourth-order valence-electron chi connectivity index (χ4n) is 15.9. The van der Waals surface area contributed by atoms with Crippen molar-refractivity contribution in [1.29, 1.82) is 0 Å². The van der Waals surface area contributed by atoms with Gasteiger partial charge in [-0.2, -0.15) is 0 Å². The van der Waals surface area contributed by atoms with E-state index in [9.17, 15) is 47.9 Å². The average molecular weight is 1760 g/mol. The summed E-state index contributed by atoms with van der Waals surface area (Å²) in [6, 6.07) is 89.2. The maximum Gasteiger partial charge on any atom is 0.344 e. The largest absolute Gasteiger partial charge is 0.462 e. The fourth-order valence-corrected chi connectivity index (χ4v) is 15.9. The average Bonchev–Trinajstić information content (AvgIpc) is 0.717. The molecule has 0 saturated heterocycles. The molecule has 668 valence electrons. The summed E-state index contributed by atoms with van der Waals surface area (Å²) in [7, 11) is 0. The van der Waals surface area contributed by atoms with Crippen LogP contribution in [-0.4, -0.2) is 99.0 Å². The Morgan fingerprint density at radius 2 is 0.455 bits per heavy atom. The first kappa shape index (κ1) is 94.3. The molecule has 0 saturated carbocycles. The molecule has 0 amide bonds. The minimum absolute atomic E-state index is 0.108. The zero-order valence-corrected chi connectivity index (χ0v) is 75.4. The third kappa shape index (κ3) is 21.8. The second kappa shape index (κ2) is 45.6. The van der Waals surface area contributed by atoms with Crippen LogP contribution < -0.4 is 9.47 Å². The molecule has 0 bridgehead atoms. The summed E-state index contributed by atoms with van der Waals surface area (Å²) in [6.45, 7) is 17.7. The molecule has 0 spiro atoms. The highest BCUT2D eigenvalue weighted by molar-refractivity contribution is 6.25. The number of para-hydroxylation sites is 2. The summed E-state index contributed by atoms with van der Waals surface area (Å²) in [5, 5.41) is 13.6. The van der Waals surface area contributed by atoms with E-state index in [4.69, 9.17) is 37.9 Å². The van der Waals surface area contributed by atoms with Crippen molar-refractivity contribution >= 4 is 146 Å². The molecule has 0 aliphatic heterocycles. The Morgan fingerprint density at radius 1 is 0.212 bits per heavy atom. The zero-order valence-electron chi connectivity index (χ0n) is 75.4. The van der Waals surface area contributed by atoms with Crippen LogP contribution >= 0.6 is 0 Å².